The number of rotatable bonds is 8. The van der Waals surface area contributed by atoms with Crippen LogP contribution in [0.25, 0.3) is 0 Å². The standard InChI is InChI=1S/C19H22N2O/c1-16-7-9-17(10-8-16)14-21-15-18-5-4-6-19(13-18)22-12-3-2-11-20/h4-10,13,21H,2-3,12,14-15H2,1H3. The lowest BCUT2D eigenvalue weighted by Crippen LogP contribution is -2.12. The second kappa shape index (κ2) is 8.86. The molecule has 0 bridgehead atoms. The van der Waals surface area contributed by atoms with E-state index in [0.717, 1.165) is 25.3 Å². The summed E-state index contributed by atoms with van der Waals surface area (Å²) in [6.45, 7) is 4.35. The third-order valence-electron chi connectivity index (χ3n) is 3.38. The predicted octanol–water partition coefficient (Wildman–Crippen LogP) is 3.97. The van der Waals surface area contributed by atoms with Crippen molar-refractivity contribution in [2.24, 2.45) is 0 Å². The number of aryl methyl sites for hydroxylation is 1. The number of hydrogen-bond donors (Lipinski definition) is 1. The van der Waals surface area contributed by atoms with Gasteiger partial charge in [-0.2, -0.15) is 5.26 Å². The zero-order valence-electron chi connectivity index (χ0n) is 13.0. The Balaban J connectivity index is 1.77. The molecule has 0 heterocycles. The van der Waals surface area contributed by atoms with Crippen molar-refractivity contribution >= 4 is 0 Å². The summed E-state index contributed by atoms with van der Waals surface area (Å²) in [5.74, 6) is 0.868. The number of unbranched alkanes of at least 4 members (excludes halogenated alkanes) is 1. The van der Waals surface area contributed by atoms with E-state index in [1.165, 1.54) is 16.7 Å². The van der Waals surface area contributed by atoms with Crippen LogP contribution in [0.15, 0.2) is 48.5 Å². The van der Waals surface area contributed by atoms with Crippen molar-refractivity contribution in [1.82, 2.24) is 5.32 Å². The van der Waals surface area contributed by atoms with Crippen LogP contribution in [0.2, 0.25) is 0 Å². The first-order valence-corrected chi connectivity index (χ1v) is 7.63. The average molecular weight is 294 g/mol. The Morgan fingerprint density at radius 3 is 2.59 bits per heavy atom. The summed E-state index contributed by atoms with van der Waals surface area (Å²) < 4.78 is 5.65. The molecule has 3 nitrogen and oxygen atoms in total. The molecule has 0 atom stereocenters. The van der Waals surface area contributed by atoms with Crippen LogP contribution in [0.5, 0.6) is 5.75 Å². The molecule has 0 amide bonds. The number of benzene rings is 2. The van der Waals surface area contributed by atoms with E-state index in [4.69, 9.17) is 10.00 Å². The fourth-order valence-electron chi connectivity index (χ4n) is 2.14. The summed E-state index contributed by atoms with van der Waals surface area (Å²) in [7, 11) is 0. The summed E-state index contributed by atoms with van der Waals surface area (Å²) in [6, 6.07) is 18.8. The molecular weight excluding hydrogens is 272 g/mol. The van der Waals surface area contributed by atoms with Gasteiger partial charge < -0.3 is 10.1 Å². The molecule has 3 heteroatoms. The second-order valence-electron chi connectivity index (χ2n) is 5.35. The molecule has 1 N–H and O–H groups in total. The number of hydrogen-bond acceptors (Lipinski definition) is 3. The minimum absolute atomic E-state index is 0.539. The van der Waals surface area contributed by atoms with E-state index >= 15 is 0 Å². The van der Waals surface area contributed by atoms with Crippen LogP contribution in [0.3, 0.4) is 0 Å². The van der Waals surface area contributed by atoms with E-state index in [1.807, 2.05) is 12.1 Å². The fraction of sp³-hybridized carbons (Fsp3) is 0.316. The molecule has 0 spiro atoms. The molecule has 0 aliphatic carbocycles. The van der Waals surface area contributed by atoms with Crippen LogP contribution in [-0.2, 0) is 13.1 Å². The van der Waals surface area contributed by atoms with Crippen LogP contribution < -0.4 is 10.1 Å². The van der Waals surface area contributed by atoms with E-state index in [2.05, 4.69) is 54.7 Å². The Kier molecular flexibility index (Phi) is 6.47. The van der Waals surface area contributed by atoms with Crippen molar-refractivity contribution in [1.29, 1.82) is 5.26 Å². The van der Waals surface area contributed by atoms with Gasteiger partial charge in [0.2, 0.25) is 0 Å². The minimum atomic E-state index is 0.539. The van der Waals surface area contributed by atoms with E-state index in [-0.39, 0.29) is 0 Å². The molecule has 0 radical (unpaired) electrons. The third kappa shape index (κ3) is 5.59. The quantitative estimate of drug-likeness (QED) is 0.749. The molecule has 0 aromatic heterocycles. The molecule has 0 fully saturated rings. The first-order chi connectivity index (χ1) is 10.8. The first kappa shape index (κ1) is 16.1. The van der Waals surface area contributed by atoms with Crippen molar-refractivity contribution in [3.63, 3.8) is 0 Å². The summed E-state index contributed by atoms with van der Waals surface area (Å²) in [6.07, 6.45) is 1.31. The van der Waals surface area contributed by atoms with Crippen molar-refractivity contribution in [3.05, 3.63) is 65.2 Å². The highest BCUT2D eigenvalue weighted by Gasteiger charge is 1.98. The van der Waals surface area contributed by atoms with Gasteiger partial charge in [-0.1, -0.05) is 42.0 Å². The van der Waals surface area contributed by atoms with Gasteiger partial charge in [-0.3, -0.25) is 0 Å². The Bertz CT molecular complexity index is 614. The van der Waals surface area contributed by atoms with Crippen molar-refractivity contribution < 1.29 is 4.74 Å². The zero-order valence-corrected chi connectivity index (χ0v) is 13.0. The van der Waals surface area contributed by atoms with Gasteiger partial charge in [0.25, 0.3) is 0 Å². The predicted molar refractivity (Wildman–Crippen MR) is 88.5 cm³/mol. The zero-order chi connectivity index (χ0) is 15.6. The summed E-state index contributed by atoms with van der Waals surface area (Å²) >= 11 is 0. The number of ether oxygens (including phenoxy) is 1. The van der Waals surface area contributed by atoms with Crippen molar-refractivity contribution in [3.8, 4) is 11.8 Å². The van der Waals surface area contributed by atoms with E-state index in [1.54, 1.807) is 0 Å². The van der Waals surface area contributed by atoms with E-state index in [9.17, 15) is 0 Å². The molecule has 0 aliphatic heterocycles. The molecule has 2 aromatic rings. The van der Waals surface area contributed by atoms with Gasteiger partial charge in [0.1, 0.15) is 5.75 Å². The van der Waals surface area contributed by atoms with Gasteiger partial charge in [0.05, 0.1) is 12.7 Å². The second-order valence-corrected chi connectivity index (χ2v) is 5.35. The minimum Gasteiger partial charge on any atom is -0.494 e. The third-order valence-corrected chi connectivity index (χ3v) is 3.38. The Hall–Kier alpha value is -2.31. The van der Waals surface area contributed by atoms with Crippen LogP contribution in [0.1, 0.15) is 29.5 Å². The molecular formula is C19H22N2O. The number of nitrogens with one attached hydrogen (secondary N) is 1. The Morgan fingerprint density at radius 2 is 1.82 bits per heavy atom. The highest BCUT2D eigenvalue weighted by atomic mass is 16.5. The fourth-order valence-corrected chi connectivity index (χ4v) is 2.14. The lowest BCUT2D eigenvalue weighted by molar-refractivity contribution is 0.312. The van der Waals surface area contributed by atoms with Gasteiger partial charge >= 0.3 is 0 Å². The molecule has 2 rings (SSSR count). The summed E-state index contributed by atoms with van der Waals surface area (Å²) in [5, 5.41) is 11.9. The number of nitrogens with zero attached hydrogens (tertiary/aromatic N) is 1. The van der Waals surface area contributed by atoms with Gasteiger partial charge in [-0.15, -0.1) is 0 Å². The topological polar surface area (TPSA) is 45.0 Å². The smallest absolute Gasteiger partial charge is 0.119 e. The largest absolute Gasteiger partial charge is 0.494 e. The van der Waals surface area contributed by atoms with Gasteiger partial charge in [-0.25, -0.2) is 0 Å². The van der Waals surface area contributed by atoms with Gasteiger partial charge in [0.15, 0.2) is 0 Å². The Labute approximate surface area is 132 Å². The van der Waals surface area contributed by atoms with Crippen molar-refractivity contribution in [2.45, 2.75) is 32.9 Å². The maximum Gasteiger partial charge on any atom is 0.119 e. The molecule has 2 aromatic carbocycles. The number of nitriles is 1. The summed E-state index contributed by atoms with van der Waals surface area (Å²) in [5.41, 5.74) is 3.77. The molecule has 0 aliphatic rings. The SMILES string of the molecule is Cc1ccc(CNCc2cccc(OCCCC#N)c2)cc1. The lowest BCUT2D eigenvalue weighted by atomic mass is 10.1. The highest BCUT2D eigenvalue weighted by molar-refractivity contribution is 5.28. The van der Waals surface area contributed by atoms with Gasteiger partial charge in [0, 0.05) is 19.5 Å². The molecule has 22 heavy (non-hydrogen) atoms. The monoisotopic (exact) mass is 294 g/mol. The van der Waals surface area contributed by atoms with Crippen LogP contribution in [0.4, 0.5) is 0 Å². The molecule has 114 valence electrons. The Morgan fingerprint density at radius 1 is 1.05 bits per heavy atom. The average Bonchev–Trinajstić information content (AvgIpc) is 2.54. The van der Waals surface area contributed by atoms with Crippen LogP contribution in [0, 0.1) is 18.3 Å². The maximum absolute atomic E-state index is 8.50. The normalized spacial score (nSPS) is 10.2. The van der Waals surface area contributed by atoms with Gasteiger partial charge in [-0.05, 0) is 36.6 Å². The van der Waals surface area contributed by atoms with Crippen LogP contribution in [-0.4, -0.2) is 6.61 Å². The molecule has 0 unspecified atom stereocenters. The van der Waals surface area contributed by atoms with Crippen LogP contribution >= 0.6 is 0 Å². The highest BCUT2D eigenvalue weighted by Crippen LogP contribution is 2.14. The first-order valence-electron chi connectivity index (χ1n) is 7.63. The summed E-state index contributed by atoms with van der Waals surface area (Å²) in [4.78, 5) is 0. The molecule has 0 saturated carbocycles. The maximum atomic E-state index is 8.50. The molecule has 0 saturated heterocycles. The van der Waals surface area contributed by atoms with Crippen molar-refractivity contribution in [2.75, 3.05) is 6.61 Å². The van der Waals surface area contributed by atoms with E-state index in [0.29, 0.717) is 13.0 Å². The lowest BCUT2D eigenvalue weighted by Gasteiger charge is -2.09. The van der Waals surface area contributed by atoms with E-state index < -0.39 is 0 Å².